The molecule has 4 heteroatoms. The molecule has 0 radical (unpaired) electrons. The first-order valence-corrected chi connectivity index (χ1v) is 8.82. The molecule has 1 atom stereocenters. The molecule has 2 fully saturated rings. The first-order valence-electron chi connectivity index (χ1n) is 8.82. The van der Waals surface area contributed by atoms with Crippen molar-refractivity contribution in [1.82, 2.24) is 4.90 Å². The van der Waals surface area contributed by atoms with E-state index in [1.165, 1.54) is 5.56 Å². The summed E-state index contributed by atoms with van der Waals surface area (Å²) in [7, 11) is 1.66. The average Bonchev–Trinajstić information content (AvgIpc) is 3.44. The molecule has 1 unspecified atom stereocenters. The Morgan fingerprint density at radius 3 is 2.44 bits per heavy atom. The van der Waals surface area contributed by atoms with Gasteiger partial charge in [-0.2, -0.15) is 0 Å². The summed E-state index contributed by atoms with van der Waals surface area (Å²) >= 11 is 0. The predicted octanol–water partition coefficient (Wildman–Crippen LogP) is 3.20. The van der Waals surface area contributed by atoms with Crippen molar-refractivity contribution in [3.63, 3.8) is 0 Å². The number of hydrogen-bond acceptors (Lipinski definition) is 3. The molecule has 1 aliphatic carbocycles. The minimum Gasteiger partial charge on any atom is -0.497 e. The van der Waals surface area contributed by atoms with E-state index in [2.05, 4.69) is 12.1 Å². The minimum atomic E-state index is -0.528. The van der Waals surface area contributed by atoms with Gasteiger partial charge in [-0.3, -0.25) is 4.79 Å². The molecule has 4 rings (SSSR count). The van der Waals surface area contributed by atoms with Gasteiger partial charge in [0.15, 0.2) is 0 Å². The van der Waals surface area contributed by atoms with Gasteiger partial charge in [-0.1, -0.05) is 42.5 Å². The second-order valence-electron chi connectivity index (χ2n) is 6.93. The average molecular weight is 337 g/mol. The SMILES string of the molecule is COc1ccc(CN2C(=O)C3(CC3)OCC2Cc2ccccc2)cc1. The number of carbonyl (C=O) groups excluding carboxylic acids is 1. The highest BCUT2D eigenvalue weighted by atomic mass is 16.5. The number of rotatable bonds is 5. The molecule has 1 saturated carbocycles. The van der Waals surface area contributed by atoms with Crippen LogP contribution in [0.15, 0.2) is 54.6 Å². The lowest BCUT2D eigenvalue weighted by Crippen LogP contribution is -2.55. The summed E-state index contributed by atoms with van der Waals surface area (Å²) in [5, 5.41) is 0. The second kappa shape index (κ2) is 6.52. The Balaban J connectivity index is 1.55. The highest BCUT2D eigenvalue weighted by molar-refractivity contribution is 5.89. The molecule has 2 aromatic rings. The van der Waals surface area contributed by atoms with Gasteiger partial charge in [0.25, 0.3) is 5.91 Å². The molecule has 0 bridgehead atoms. The molecular formula is C21H23NO3. The zero-order valence-electron chi connectivity index (χ0n) is 14.5. The van der Waals surface area contributed by atoms with Gasteiger partial charge in [-0.25, -0.2) is 0 Å². The van der Waals surface area contributed by atoms with E-state index >= 15 is 0 Å². The molecule has 4 nitrogen and oxygen atoms in total. The van der Waals surface area contributed by atoms with Crippen LogP contribution in [0.2, 0.25) is 0 Å². The summed E-state index contributed by atoms with van der Waals surface area (Å²) in [4.78, 5) is 15.0. The lowest BCUT2D eigenvalue weighted by atomic mass is 10.0. The second-order valence-corrected chi connectivity index (χ2v) is 6.93. The van der Waals surface area contributed by atoms with Gasteiger partial charge in [-0.05, 0) is 42.5 Å². The van der Waals surface area contributed by atoms with Crippen LogP contribution in [0.4, 0.5) is 0 Å². The third kappa shape index (κ3) is 3.27. The molecular weight excluding hydrogens is 314 g/mol. The largest absolute Gasteiger partial charge is 0.497 e. The van der Waals surface area contributed by atoms with Crippen LogP contribution >= 0.6 is 0 Å². The van der Waals surface area contributed by atoms with Crippen LogP contribution in [-0.2, 0) is 22.5 Å². The van der Waals surface area contributed by atoms with E-state index in [9.17, 15) is 4.79 Å². The summed E-state index contributed by atoms with van der Waals surface area (Å²) in [6, 6.07) is 18.3. The molecule has 1 spiro atoms. The molecule has 1 saturated heterocycles. The summed E-state index contributed by atoms with van der Waals surface area (Å²) < 4.78 is 11.2. The maximum Gasteiger partial charge on any atom is 0.255 e. The van der Waals surface area contributed by atoms with Crippen molar-refractivity contribution in [1.29, 1.82) is 0 Å². The summed E-state index contributed by atoms with van der Waals surface area (Å²) in [6.07, 6.45) is 2.52. The Hall–Kier alpha value is -2.33. The summed E-state index contributed by atoms with van der Waals surface area (Å²) in [5.74, 6) is 0.979. The summed E-state index contributed by atoms with van der Waals surface area (Å²) in [6.45, 7) is 1.22. The van der Waals surface area contributed by atoms with Crippen LogP contribution in [0.5, 0.6) is 5.75 Å². The zero-order chi connectivity index (χ0) is 17.3. The maximum absolute atomic E-state index is 13.0. The minimum absolute atomic E-state index is 0.0724. The van der Waals surface area contributed by atoms with Crippen molar-refractivity contribution >= 4 is 5.91 Å². The van der Waals surface area contributed by atoms with E-state index in [-0.39, 0.29) is 11.9 Å². The lowest BCUT2D eigenvalue weighted by Gasteiger charge is -2.40. The van der Waals surface area contributed by atoms with Crippen LogP contribution in [-0.4, -0.2) is 36.2 Å². The molecule has 130 valence electrons. The smallest absolute Gasteiger partial charge is 0.255 e. The number of benzene rings is 2. The topological polar surface area (TPSA) is 38.8 Å². The van der Waals surface area contributed by atoms with Crippen LogP contribution in [0.3, 0.4) is 0 Å². The highest BCUT2D eigenvalue weighted by Crippen LogP contribution is 2.44. The Kier molecular flexibility index (Phi) is 4.22. The number of methoxy groups -OCH3 is 1. The van der Waals surface area contributed by atoms with Crippen LogP contribution in [0, 0.1) is 0 Å². The van der Waals surface area contributed by atoms with E-state index in [1.54, 1.807) is 7.11 Å². The fourth-order valence-electron chi connectivity index (χ4n) is 3.49. The van der Waals surface area contributed by atoms with Gasteiger partial charge in [0.1, 0.15) is 11.4 Å². The summed E-state index contributed by atoms with van der Waals surface area (Å²) in [5.41, 5.74) is 1.82. The molecule has 1 amide bonds. The maximum atomic E-state index is 13.0. The number of carbonyl (C=O) groups is 1. The Morgan fingerprint density at radius 1 is 1.08 bits per heavy atom. The Bertz CT molecular complexity index is 737. The molecule has 0 aromatic heterocycles. The Labute approximate surface area is 148 Å². The third-order valence-corrected chi connectivity index (χ3v) is 5.17. The fraction of sp³-hybridized carbons (Fsp3) is 0.381. The van der Waals surface area contributed by atoms with Crippen LogP contribution in [0.1, 0.15) is 24.0 Å². The molecule has 25 heavy (non-hydrogen) atoms. The normalized spacial score (nSPS) is 21.4. The number of morpholine rings is 1. The van der Waals surface area contributed by atoms with Crippen molar-refractivity contribution in [2.24, 2.45) is 0 Å². The van der Waals surface area contributed by atoms with Crippen molar-refractivity contribution in [2.45, 2.75) is 37.5 Å². The van der Waals surface area contributed by atoms with Crippen molar-refractivity contribution in [2.75, 3.05) is 13.7 Å². The standard InChI is InChI=1S/C21H23NO3/c1-24-19-9-7-17(8-10-19)14-22-18(13-16-5-3-2-4-6-16)15-25-21(11-12-21)20(22)23/h2-10,18H,11-15H2,1H3. The highest BCUT2D eigenvalue weighted by Gasteiger charge is 2.57. The number of ether oxygens (including phenoxy) is 2. The quantitative estimate of drug-likeness (QED) is 0.841. The van der Waals surface area contributed by atoms with Gasteiger partial charge in [0.2, 0.25) is 0 Å². The number of amides is 1. The number of hydrogen-bond donors (Lipinski definition) is 0. The van der Waals surface area contributed by atoms with E-state index in [4.69, 9.17) is 9.47 Å². The first-order chi connectivity index (χ1) is 12.2. The number of nitrogens with zero attached hydrogens (tertiary/aromatic N) is 1. The molecule has 2 aliphatic rings. The fourth-order valence-corrected chi connectivity index (χ4v) is 3.49. The molecule has 0 N–H and O–H groups in total. The van der Waals surface area contributed by atoms with E-state index in [0.29, 0.717) is 13.2 Å². The van der Waals surface area contributed by atoms with E-state index < -0.39 is 5.60 Å². The molecule has 2 aromatic carbocycles. The van der Waals surface area contributed by atoms with Crippen molar-refractivity contribution in [3.8, 4) is 5.75 Å². The van der Waals surface area contributed by atoms with Gasteiger partial charge < -0.3 is 14.4 Å². The van der Waals surface area contributed by atoms with Crippen LogP contribution in [0.25, 0.3) is 0 Å². The molecule has 1 aliphatic heterocycles. The van der Waals surface area contributed by atoms with Gasteiger partial charge in [-0.15, -0.1) is 0 Å². The van der Waals surface area contributed by atoms with E-state index in [1.807, 2.05) is 47.4 Å². The first kappa shape index (κ1) is 16.2. The van der Waals surface area contributed by atoms with Gasteiger partial charge in [0, 0.05) is 6.54 Å². The van der Waals surface area contributed by atoms with E-state index in [0.717, 1.165) is 30.6 Å². The third-order valence-electron chi connectivity index (χ3n) is 5.17. The monoisotopic (exact) mass is 337 g/mol. The zero-order valence-corrected chi connectivity index (χ0v) is 14.5. The van der Waals surface area contributed by atoms with Crippen molar-refractivity contribution in [3.05, 3.63) is 65.7 Å². The predicted molar refractivity (Wildman–Crippen MR) is 95.4 cm³/mol. The van der Waals surface area contributed by atoms with Gasteiger partial charge >= 0.3 is 0 Å². The lowest BCUT2D eigenvalue weighted by molar-refractivity contribution is -0.164. The molecule has 1 heterocycles. The Morgan fingerprint density at radius 2 is 1.80 bits per heavy atom. The van der Waals surface area contributed by atoms with Crippen LogP contribution < -0.4 is 4.74 Å². The van der Waals surface area contributed by atoms with Gasteiger partial charge in [0.05, 0.1) is 19.8 Å². The van der Waals surface area contributed by atoms with Crippen molar-refractivity contribution < 1.29 is 14.3 Å².